The fraction of sp³-hybridized carbons (Fsp3) is 0. The summed E-state index contributed by atoms with van der Waals surface area (Å²) in [5.74, 6) is 0.608. The Labute approximate surface area is 105 Å². The number of fused-ring (bicyclic) bond motifs is 1. The Bertz CT molecular complexity index is 766. The molecule has 86 valence electrons. The van der Waals surface area contributed by atoms with Crippen LogP contribution < -0.4 is 11.0 Å². The van der Waals surface area contributed by atoms with Crippen LogP contribution in [0.3, 0.4) is 0 Å². The number of benzene rings is 2. The fourth-order valence-electron chi connectivity index (χ4n) is 1.99. The summed E-state index contributed by atoms with van der Waals surface area (Å²) >= 11 is 0. The van der Waals surface area contributed by atoms with E-state index in [4.69, 9.17) is 0 Å². The molecule has 1 heterocycles. The molecule has 0 amide bonds. The van der Waals surface area contributed by atoms with Crippen molar-refractivity contribution in [3.05, 3.63) is 58.9 Å². The molecule has 0 fully saturated rings. The molecule has 0 saturated heterocycles. The molecule has 3 nitrogen and oxygen atoms in total. The van der Waals surface area contributed by atoms with Crippen molar-refractivity contribution >= 4 is 24.2 Å². The van der Waals surface area contributed by atoms with Crippen molar-refractivity contribution in [2.24, 2.45) is 0 Å². The minimum Gasteiger partial charge on any atom is -0.306 e. The highest BCUT2D eigenvalue weighted by Crippen LogP contribution is 2.14. The molecule has 3 aromatic rings. The lowest BCUT2D eigenvalue weighted by molar-refractivity contribution is 1.18. The number of hydrogen-bond acceptors (Lipinski definition) is 2. The zero-order chi connectivity index (χ0) is 12.5. The van der Waals surface area contributed by atoms with Crippen molar-refractivity contribution in [1.29, 1.82) is 0 Å². The van der Waals surface area contributed by atoms with Crippen LogP contribution in [-0.2, 0) is 0 Å². The van der Waals surface area contributed by atoms with Crippen LogP contribution >= 0.6 is 0 Å². The van der Waals surface area contributed by atoms with E-state index in [1.807, 2.05) is 56.4 Å². The Morgan fingerprint density at radius 1 is 1.06 bits per heavy atom. The van der Waals surface area contributed by atoms with Crippen LogP contribution in [-0.4, -0.2) is 17.8 Å². The molecular formula is C14H11BN2O. The molecule has 1 aromatic heterocycles. The van der Waals surface area contributed by atoms with E-state index in [0.717, 1.165) is 16.5 Å². The van der Waals surface area contributed by atoms with Crippen LogP contribution in [0, 0.1) is 0 Å². The first kappa shape index (κ1) is 10.8. The van der Waals surface area contributed by atoms with Crippen LogP contribution in [0.4, 0.5) is 0 Å². The van der Waals surface area contributed by atoms with Crippen molar-refractivity contribution in [3.63, 3.8) is 0 Å². The topological polar surface area (TPSA) is 45.8 Å². The van der Waals surface area contributed by atoms with Crippen molar-refractivity contribution in [1.82, 2.24) is 9.97 Å². The van der Waals surface area contributed by atoms with Gasteiger partial charge in [0.25, 0.3) is 5.56 Å². The molecule has 0 bridgehead atoms. The van der Waals surface area contributed by atoms with Gasteiger partial charge in [0.05, 0.1) is 10.9 Å². The van der Waals surface area contributed by atoms with Gasteiger partial charge in [-0.15, -0.1) is 0 Å². The molecule has 0 saturated carbocycles. The second-order valence-corrected chi connectivity index (χ2v) is 4.30. The van der Waals surface area contributed by atoms with Gasteiger partial charge in [0.2, 0.25) is 0 Å². The minimum absolute atomic E-state index is 0.0949. The predicted octanol–water partition coefficient (Wildman–Crippen LogP) is 0.849. The van der Waals surface area contributed by atoms with Gasteiger partial charge in [0, 0.05) is 5.56 Å². The van der Waals surface area contributed by atoms with Gasteiger partial charge < -0.3 is 4.98 Å². The lowest BCUT2D eigenvalue weighted by Crippen LogP contribution is -2.12. The Morgan fingerprint density at radius 3 is 2.61 bits per heavy atom. The first-order valence-corrected chi connectivity index (χ1v) is 5.80. The Balaban J connectivity index is 2.29. The zero-order valence-electron chi connectivity index (χ0n) is 9.97. The number of rotatable bonds is 1. The monoisotopic (exact) mass is 234 g/mol. The van der Waals surface area contributed by atoms with Crippen LogP contribution in [0.1, 0.15) is 0 Å². The molecule has 0 radical (unpaired) electrons. The molecule has 0 spiro atoms. The number of hydrogen-bond donors (Lipinski definition) is 1. The second kappa shape index (κ2) is 4.15. The van der Waals surface area contributed by atoms with Gasteiger partial charge in [0.15, 0.2) is 0 Å². The second-order valence-electron chi connectivity index (χ2n) is 4.30. The standard InChI is InChI=1S/C14H11BN2O/c15-10-6-7-12-11(8-10)14(18)17-13(16-12)9-4-2-1-3-5-9/h1-8H,15H2,(H,16,17,18). The maximum atomic E-state index is 12.0. The fourth-order valence-corrected chi connectivity index (χ4v) is 1.99. The lowest BCUT2D eigenvalue weighted by atomic mass is 9.95. The third kappa shape index (κ3) is 1.82. The number of nitrogens with one attached hydrogen (secondary N) is 1. The summed E-state index contributed by atoms with van der Waals surface area (Å²) in [5.41, 5.74) is 2.60. The highest BCUT2D eigenvalue weighted by atomic mass is 16.1. The smallest absolute Gasteiger partial charge is 0.259 e. The number of H-pyrrole nitrogens is 1. The Kier molecular flexibility index (Phi) is 2.48. The van der Waals surface area contributed by atoms with Crippen molar-refractivity contribution in [3.8, 4) is 11.4 Å². The molecule has 0 aliphatic carbocycles. The van der Waals surface area contributed by atoms with Crippen LogP contribution in [0.5, 0.6) is 0 Å². The summed E-state index contributed by atoms with van der Waals surface area (Å²) in [5, 5.41) is 0.634. The van der Waals surface area contributed by atoms with E-state index >= 15 is 0 Å². The van der Waals surface area contributed by atoms with E-state index in [1.165, 1.54) is 0 Å². The summed E-state index contributed by atoms with van der Waals surface area (Å²) in [6.45, 7) is 0. The first-order chi connectivity index (χ1) is 8.74. The Hall–Kier alpha value is -2.36. The molecule has 0 unspecified atom stereocenters. The summed E-state index contributed by atoms with van der Waals surface area (Å²) < 4.78 is 0. The van der Waals surface area contributed by atoms with Crippen molar-refractivity contribution < 1.29 is 0 Å². The van der Waals surface area contributed by atoms with Crippen LogP contribution in [0.15, 0.2) is 53.3 Å². The molecule has 18 heavy (non-hydrogen) atoms. The van der Waals surface area contributed by atoms with E-state index in [2.05, 4.69) is 9.97 Å². The van der Waals surface area contributed by atoms with Gasteiger partial charge in [-0.1, -0.05) is 47.9 Å². The number of nitrogens with zero attached hydrogens (tertiary/aromatic N) is 1. The minimum atomic E-state index is -0.0949. The van der Waals surface area contributed by atoms with Gasteiger partial charge in [-0.3, -0.25) is 4.79 Å². The van der Waals surface area contributed by atoms with E-state index in [9.17, 15) is 4.79 Å². The van der Waals surface area contributed by atoms with Gasteiger partial charge in [-0.25, -0.2) is 4.98 Å². The molecule has 0 atom stereocenters. The van der Waals surface area contributed by atoms with Gasteiger partial charge >= 0.3 is 0 Å². The third-order valence-electron chi connectivity index (χ3n) is 2.91. The predicted molar refractivity (Wildman–Crippen MR) is 76.0 cm³/mol. The molecule has 2 aromatic carbocycles. The SMILES string of the molecule is Bc1ccc2nc(-c3ccccc3)[nH]c(=O)c2c1. The molecule has 3 rings (SSSR count). The van der Waals surface area contributed by atoms with Gasteiger partial charge in [-0.2, -0.15) is 0 Å². The average Bonchev–Trinajstić information content (AvgIpc) is 2.40. The van der Waals surface area contributed by atoms with Crippen molar-refractivity contribution in [2.75, 3.05) is 0 Å². The first-order valence-electron chi connectivity index (χ1n) is 5.80. The van der Waals surface area contributed by atoms with E-state index in [1.54, 1.807) is 0 Å². The number of aromatic amines is 1. The molecule has 1 N–H and O–H groups in total. The van der Waals surface area contributed by atoms with E-state index in [-0.39, 0.29) is 5.56 Å². The maximum Gasteiger partial charge on any atom is 0.259 e. The molecule has 4 heteroatoms. The quantitative estimate of drug-likeness (QED) is 0.634. The highest BCUT2D eigenvalue weighted by Gasteiger charge is 2.05. The Morgan fingerprint density at radius 2 is 1.83 bits per heavy atom. The summed E-state index contributed by atoms with van der Waals surface area (Å²) in [4.78, 5) is 19.3. The van der Waals surface area contributed by atoms with E-state index in [0.29, 0.717) is 11.2 Å². The van der Waals surface area contributed by atoms with Crippen LogP contribution in [0.2, 0.25) is 0 Å². The summed E-state index contributed by atoms with van der Waals surface area (Å²) in [6.07, 6.45) is 0. The molecular weight excluding hydrogens is 223 g/mol. The van der Waals surface area contributed by atoms with E-state index < -0.39 is 0 Å². The zero-order valence-corrected chi connectivity index (χ0v) is 9.97. The van der Waals surface area contributed by atoms with Gasteiger partial charge in [-0.05, 0) is 6.07 Å². The summed E-state index contributed by atoms with van der Waals surface area (Å²) in [7, 11) is 1.96. The van der Waals surface area contributed by atoms with Crippen molar-refractivity contribution in [2.45, 2.75) is 0 Å². The largest absolute Gasteiger partial charge is 0.306 e. The molecule has 0 aliphatic heterocycles. The number of aromatic nitrogens is 2. The maximum absolute atomic E-state index is 12.0. The average molecular weight is 234 g/mol. The summed E-state index contributed by atoms with van der Waals surface area (Å²) in [6, 6.07) is 15.3. The lowest BCUT2D eigenvalue weighted by Gasteiger charge is -2.03. The third-order valence-corrected chi connectivity index (χ3v) is 2.91. The van der Waals surface area contributed by atoms with Gasteiger partial charge in [0.1, 0.15) is 13.7 Å². The molecule has 0 aliphatic rings. The highest BCUT2D eigenvalue weighted by molar-refractivity contribution is 6.33. The van der Waals surface area contributed by atoms with Crippen LogP contribution in [0.25, 0.3) is 22.3 Å². The normalized spacial score (nSPS) is 10.7.